The van der Waals surface area contributed by atoms with E-state index >= 15 is 0 Å². The smallest absolute Gasteiger partial charge is 0.176 e. The lowest BCUT2D eigenvalue weighted by Crippen LogP contribution is -2.01. The van der Waals surface area contributed by atoms with Gasteiger partial charge in [-0.25, -0.2) is 0 Å². The molecule has 0 atom stereocenters. The van der Waals surface area contributed by atoms with Gasteiger partial charge >= 0.3 is 0 Å². The molecule has 0 aliphatic carbocycles. The molecule has 0 aliphatic heterocycles. The zero-order valence-electron chi connectivity index (χ0n) is 9.61. The van der Waals surface area contributed by atoms with Gasteiger partial charge in [-0.2, -0.15) is 5.90 Å². The van der Waals surface area contributed by atoms with Crippen molar-refractivity contribution in [2.45, 2.75) is 0 Å². The molecule has 0 spiro atoms. The fourth-order valence-corrected chi connectivity index (χ4v) is 1.56. The number of benzene rings is 2. The van der Waals surface area contributed by atoms with Gasteiger partial charge < -0.3 is 4.84 Å². The van der Waals surface area contributed by atoms with Gasteiger partial charge in [-0.05, 0) is 28.4 Å². The molecule has 2 aromatic rings. The minimum Gasteiger partial charge on any atom is -0.409 e. The monoisotopic (exact) mass is 240 g/mol. The fraction of sp³-hybridized carbons (Fsp3) is 0. The summed E-state index contributed by atoms with van der Waals surface area (Å²) >= 11 is 0. The Bertz CT molecular complexity index is 565. The summed E-state index contributed by atoms with van der Waals surface area (Å²) in [5.41, 5.74) is 2.16. The average Bonchev–Trinajstić information content (AvgIpc) is 2.45. The summed E-state index contributed by atoms with van der Waals surface area (Å²) in [4.78, 5) is 15.1. The first-order valence-corrected chi connectivity index (χ1v) is 5.41. The van der Waals surface area contributed by atoms with Crippen LogP contribution in [0.15, 0.2) is 53.7 Å². The van der Waals surface area contributed by atoms with Crippen molar-refractivity contribution < 1.29 is 4.84 Å². The minimum absolute atomic E-state index is 0.189. The van der Waals surface area contributed by atoms with E-state index in [1.807, 2.05) is 42.5 Å². The van der Waals surface area contributed by atoms with Gasteiger partial charge in [0, 0.05) is 0 Å². The van der Waals surface area contributed by atoms with Crippen LogP contribution in [0, 0.1) is 4.91 Å². The van der Waals surface area contributed by atoms with Gasteiger partial charge in [0.25, 0.3) is 0 Å². The zero-order chi connectivity index (χ0) is 12.8. The lowest BCUT2D eigenvalue weighted by molar-refractivity contribution is 0.335. The Balaban J connectivity index is 2.25. The van der Waals surface area contributed by atoms with E-state index in [-0.39, 0.29) is 11.4 Å². The lowest BCUT2D eigenvalue weighted by Gasteiger charge is -2.02. The van der Waals surface area contributed by atoms with E-state index in [0.717, 1.165) is 11.1 Å². The van der Waals surface area contributed by atoms with Crippen molar-refractivity contribution in [1.29, 1.82) is 0 Å². The van der Waals surface area contributed by atoms with E-state index in [1.54, 1.807) is 18.2 Å². The molecule has 4 nitrogen and oxygen atoms in total. The molecule has 0 amide bonds. The topological polar surface area (TPSA) is 64.7 Å². The van der Waals surface area contributed by atoms with Crippen molar-refractivity contribution in [2.75, 3.05) is 0 Å². The highest BCUT2D eigenvalue weighted by molar-refractivity contribution is 5.71. The Labute approximate surface area is 105 Å². The van der Waals surface area contributed by atoms with E-state index in [2.05, 4.69) is 10.0 Å². The average molecular weight is 240 g/mol. The minimum atomic E-state index is 0.189. The number of nitroso groups, excluding NO2 is 1. The molecule has 0 bridgehead atoms. The van der Waals surface area contributed by atoms with Gasteiger partial charge in [-0.3, -0.25) is 0 Å². The Morgan fingerprint density at radius 3 is 2.39 bits per heavy atom. The third-order valence-electron chi connectivity index (χ3n) is 2.48. The van der Waals surface area contributed by atoms with Crippen molar-refractivity contribution in [1.82, 2.24) is 0 Å². The summed E-state index contributed by atoms with van der Waals surface area (Å²) < 4.78 is 0. The zero-order valence-corrected chi connectivity index (χ0v) is 9.61. The van der Waals surface area contributed by atoms with Gasteiger partial charge in [0.15, 0.2) is 11.4 Å². The summed E-state index contributed by atoms with van der Waals surface area (Å²) in [5.74, 6) is 5.34. The normalized spacial score (nSPS) is 10.5. The molecular weight excluding hydrogens is 228 g/mol. The SMILES string of the molecule is NOc1cc(/C=C/c2ccccc2)ccc1N=O. The molecule has 0 aliphatic rings. The molecule has 0 radical (unpaired) electrons. The van der Waals surface area contributed by atoms with Crippen molar-refractivity contribution in [3.63, 3.8) is 0 Å². The molecule has 0 saturated heterocycles. The second-order valence-corrected chi connectivity index (χ2v) is 3.68. The maximum atomic E-state index is 10.5. The molecule has 0 unspecified atom stereocenters. The van der Waals surface area contributed by atoms with Crippen LogP contribution in [0.25, 0.3) is 12.2 Å². The summed E-state index contributed by atoms with van der Waals surface area (Å²) in [7, 11) is 0. The van der Waals surface area contributed by atoms with E-state index in [1.165, 1.54) is 0 Å². The highest BCUT2D eigenvalue weighted by Gasteiger charge is 2.03. The summed E-state index contributed by atoms with van der Waals surface area (Å²) in [6.45, 7) is 0. The molecule has 2 aromatic carbocycles. The number of hydrogen-bond donors (Lipinski definition) is 1. The predicted molar refractivity (Wildman–Crippen MR) is 72.1 cm³/mol. The standard InChI is InChI=1S/C14H12N2O2/c15-18-14-10-12(8-9-13(14)16-17)7-6-11-4-2-1-3-5-11/h1-10H,15H2/b7-6+. The Morgan fingerprint density at radius 1 is 1.00 bits per heavy atom. The third kappa shape index (κ3) is 2.81. The first kappa shape index (κ1) is 12.0. The molecule has 90 valence electrons. The number of hydrogen-bond acceptors (Lipinski definition) is 4. The van der Waals surface area contributed by atoms with Crippen LogP contribution in [0.5, 0.6) is 5.75 Å². The largest absolute Gasteiger partial charge is 0.409 e. The van der Waals surface area contributed by atoms with E-state index in [4.69, 9.17) is 5.90 Å². The van der Waals surface area contributed by atoms with Gasteiger partial charge in [-0.1, -0.05) is 48.6 Å². The predicted octanol–water partition coefficient (Wildman–Crippen LogP) is 3.51. The molecule has 2 rings (SSSR count). The second kappa shape index (κ2) is 5.75. The van der Waals surface area contributed by atoms with Gasteiger partial charge in [0.05, 0.1) is 0 Å². The van der Waals surface area contributed by atoms with Crippen molar-refractivity contribution in [3.8, 4) is 5.75 Å². The van der Waals surface area contributed by atoms with Crippen LogP contribution in [-0.2, 0) is 0 Å². The summed E-state index contributed by atoms with van der Waals surface area (Å²) in [5, 5.41) is 2.82. The van der Waals surface area contributed by atoms with Crippen molar-refractivity contribution in [3.05, 3.63) is 64.6 Å². The Morgan fingerprint density at radius 2 is 1.72 bits per heavy atom. The van der Waals surface area contributed by atoms with Crippen LogP contribution in [0.2, 0.25) is 0 Å². The van der Waals surface area contributed by atoms with E-state index in [9.17, 15) is 4.91 Å². The lowest BCUT2D eigenvalue weighted by atomic mass is 10.1. The van der Waals surface area contributed by atoms with Crippen LogP contribution in [0.3, 0.4) is 0 Å². The fourth-order valence-electron chi connectivity index (χ4n) is 1.56. The molecule has 2 N–H and O–H groups in total. The summed E-state index contributed by atoms with van der Waals surface area (Å²) in [6, 6.07) is 14.9. The van der Waals surface area contributed by atoms with E-state index < -0.39 is 0 Å². The Hall–Kier alpha value is -2.46. The first-order valence-electron chi connectivity index (χ1n) is 5.41. The molecule has 18 heavy (non-hydrogen) atoms. The van der Waals surface area contributed by atoms with Crippen molar-refractivity contribution >= 4 is 17.8 Å². The Kier molecular flexibility index (Phi) is 3.83. The van der Waals surface area contributed by atoms with Crippen LogP contribution in [0.1, 0.15) is 11.1 Å². The third-order valence-corrected chi connectivity index (χ3v) is 2.48. The number of rotatable bonds is 4. The quantitative estimate of drug-likeness (QED) is 0.505. The molecule has 0 fully saturated rings. The molecule has 4 heteroatoms. The molecule has 0 saturated carbocycles. The van der Waals surface area contributed by atoms with Crippen LogP contribution in [-0.4, -0.2) is 0 Å². The van der Waals surface area contributed by atoms with Crippen molar-refractivity contribution in [2.24, 2.45) is 11.1 Å². The maximum Gasteiger partial charge on any atom is 0.176 e. The van der Waals surface area contributed by atoms with Gasteiger partial charge in [0.1, 0.15) is 0 Å². The maximum absolute atomic E-state index is 10.5. The molecular formula is C14H12N2O2. The number of nitrogens with two attached hydrogens (primary N) is 1. The van der Waals surface area contributed by atoms with Gasteiger partial charge in [0.2, 0.25) is 0 Å². The van der Waals surface area contributed by atoms with Crippen LogP contribution < -0.4 is 10.7 Å². The number of nitrogens with zero attached hydrogens (tertiary/aromatic N) is 1. The first-order chi connectivity index (χ1) is 8.83. The molecule has 0 aromatic heterocycles. The second-order valence-electron chi connectivity index (χ2n) is 3.68. The summed E-state index contributed by atoms with van der Waals surface area (Å²) in [6.07, 6.45) is 3.87. The molecule has 0 heterocycles. The van der Waals surface area contributed by atoms with E-state index in [0.29, 0.717) is 0 Å². The highest BCUT2D eigenvalue weighted by atomic mass is 16.6. The van der Waals surface area contributed by atoms with Crippen LogP contribution in [0.4, 0.5) is 5.69 Å². The van der Waals surface area contributed by atoms with Crippen LogP contribution >= 0.6 is 0 Å². The van der Waals surface area contributed by atoms with Gasteiger partial charge in [-0.15, -0.1) is 4.91 Å². The highest BCUT2D eigenvalue weighted by Crippen LogP contribution is 2.28.